The molecule has 0 radical (unpaired) electrons. The number of fused-ring (bicyclic) bond motifs is 1. The SMILES string of the molecule is CCOC(=O)c1sc2nc(COc3ccc(C#N)cc3OC)nc(N)c2c1C. The highest BCUT2D eigenvalue weighted by Gasteiger charge is 2.20. The molecule has 1 aromatic carbocycles. The summed E-state index contributed by atoms with van der Waals surface area (Å²) < 4.78 is 16.1. The van der Waals surface area contributed by atoms with Gasteiger partial charge in [-0.3, -0.25) is 0 Å². The van der Waals surface area contributed by atoms with Crippen LogP contribution in [0.3, 0.4) is 0 Å². The van der Waals surface area contributed by atoms with E-state index in [1.807, 2.05) is 6.07 Å². The number of ether oxygens (including phenoxy) is 3. The Labute approximate surface area is 165 Å². The molecule has 0 atom stereocenters. The predicted octanol–water partition coefficient (Wildman–Crippen LogP) is 3.22. The average Bonchev–Trinajstić information content (AvgIpc) is 3.03. The zero-order valence-corrected chi connectivity index (χ0v) is 16.4. The van der Waals surface area contributed by atoms with E-state index in [9.17, 15) is 4.79 Å². The zero-order chi connectivity index (χ0) is 20.3. The summed E-state index contributed by atoms with van der Waals surface area (Å²) in [6.45, 7) is 3.89. The third kappa shape index (κ3) is 3.68. The van der Waals surface area contributed by atoms with Gasteiger partial charge in [-0.15, -0.1) is 11.3 Å². The van der Waals surface area contributed by atoms with Crippen LogP contribution in [-0.4, -0.2) is 29.7 Å². The molecule has 0 bridgehead atoms. The van der Waals surface area contributed by atoms with Gasteiger partial charge < -0.3 is 19.9 Å². The van der Waals surface area contributed by atoms with Gasteiger partial charge in [0.2, 0.25) is 0 Å². The van der Waals surface area contributed by atoms with Gasteiger partial charge in [0.15, 0.2) is 17.3 Å². The molecule has 3 aromatic rings. The van der Waals surface area contributed by atoms with E-state index in [2.05, 4.69) is 9.97 Å². The number of methoxy groups -OCH3 is 1. The quantitative estimate of drug-likeness (QED) is 0.628. The number of nitrogen functional groups attached to an aromatic ring is 1. The number of hydrogen-bond acceptors (Lipinski definition) is 9. The normalized spacial score (nSPS) is 10.5. The largest absolute Gasteiger partial charge is 0.493 e. The Bertz CT molecular complexity index is 1090. The van der Waals surface area contributed by atoms with Crippen LogP contribution < -0.4 is 15.2 Å². The number of anilines is 1. The molecule has 144 valence electrons. The third-order valence-corrected chi connectivity index (χ3v) is 5.14. The Hall–Kier alpha value is -3.38. The molecule has 2 aromatic heterocycles. The van der Waals surface area contributed by atoms with E-state index in [0.717, 1.165) is 0 Å². The van der Waals surface area contributed by atoms with Gasteiger partial charge in [0.05, 0.1) is 30.7 Å². The maximum atomic E-state index is 12.1. The summed E-state index contributed by atoms with van der Waals surface area (Å²) >= 11 is 1.21. The second-order valence-electron chi connectivity index (χ2n) is 5.75. The number of nitriles is 1. The first kappa shape index (κ1) is 19.4. The van der Waals surface area contributed by atoms with E-state index in [0.29, 0.717) is 50.2 Å². The fourth-order valence-electron chi connectivity index (χ4n) is 2.67. The maximum Gasteiger partial charge on any atom is 0.348 e. The van der Waals surface area contributed by atoms with Gasteiger partial charge in [-0.2, -0.15) is 5.26 Å². The molecule has 0 saturated carbocycles. The monoisotopic (exact) mass is 398 g/mol. The van der Waals surface area contributed by atoms with Crippen LogP contribution >= 0.6 is 11.3 Å². The minimum absolute atomic E-state index is 0.0497. The molecule has 9 heteroatoms. The zero-order valence-electron chi connectivity index (χ0n) is 15.6. The highest BCUT2D eigenvalue weighted by molar-refractivity contribution is 7.20. The van der Waals surface area contributed by atoms with Crippen molar-refractivity contribution in [1.29, 1.82) is 5.26 Å². The summed E-state index contributed by atoms with van der Waals surface area (Å²) in [5.74, 6) is 1.14. The Kier molecular flexibility index (Phi) is 5.61. The molecule has 0 aliphatic carbocycles. The van der Waals surface area contributed by atoms with Crippen LogP contribution in [0.1, 0.15) is 33.5 Å². The molecule has 3 rings (SSSR count). The highest BCUT2D eigenvalue weighted by Crippen LogP contribution is 2.34. The van der Waals surface area contributed by atoms with Crippen molar-refractivity contribution in [1.82, 2.24) is 9.97 Å². The van der Waals surface area contributed by atoms with Crippen LogP contribution in [0.5, 0.6) is 11.5 Å². The van der Waals surface area contributed by atoms with Crippen LogP contribution in [-0.2, 0) is 11.3 Å². The van der Waals surface area contributed by atoms with Crippen molar-refractivity contribution in [2.45, 2.75) is 20.5 Å². The van der Waals surface area contributed by atoms with Crippen LogP contribution in [0.15, 0.2) is 18.2 Å². The van der Waals surface area contributed by atoms with Crippen molar-refractivity contribution in [3.05, 3.63) is 40.0 Å². The van der Waals surface area contributed by atoms with Gasteiger partial charge in [-0.05, 0) is 31.5 Å². The lowest BCUT2D eigenvalue weighted by Crippen LogP contribution is -2.05. The van der Waals surface area contributed by atoms with Gasteiger partial charge in [-0.25, -0.2) is 14.8 Å². The third-order valence-electron chi connectivity index (χ3n) is 3.97. The first-order chi connectivity index (χ1) is 13.5. The molecule has 0 unspecified atom stereocenters. The van der Waals surface area contributed by atoms with E-state index in [-0.39, 0.29) is 12.4 Å². The van der Waals surface area contributed by atoms with Crippen molar-refractivity contribution >= 4 is 33.3 Å². The Morgan fingerprint density at radius 2 is 2.11 bits per heavy atom. The molecule has 0 fully saturated rings. The number of hydrogen-bond donors (Lipinski definition) is 1. The van der Waals surface area contributed by atoms with Gasteiger partial charge >= 0.3 is 5.97 Å². The number of thiophene rings is 1. The molecule has 0 saturated heterocycles. The number of nitrogens with two attached hydrogens (primary N) is 1. The fourth-order valence-corrected chi connectivity index (χ4v) is 3.77. The van der Waals surface area contributed by atoms with Gasteiger partial charge in [0.1, 0.15) is 22.1 Å². The molecule has 0 spiro atoms. The Morgan fingerprint density at radius 3 is 2.79 bits per heavy atom. The molecule has 0 aliphatic rings. The molecule has 0 amide bonds. The second-order valence-corrected chi connectivity index (χ2v) is 6.75. The molecule has 8 nitrogen and oxygen atoms in total. The van der Waals surface area contributed by atoms with Crippen LogP contribution in [0, 0.1) is 18.3 Å². The minimum Gasteiger partial charge on any atom is -0.493 e. The number of carbonyl (C=O) groups is 1. The summed E-state index contributed by atoms with van der Waals surface area (Å²) in [6, 6.07) is 6.90. The van der Waals surface area contributed by atoms with Crippen molar-refractivity contribution in [2.24, 2.45) is 0 Å². The van der Waals surface area contributed by atoms with Crippen molar-refractivity contribution in [3.63, 3.8) is 0 Å². The summed E-state index contributed by atoms with van der Waals surface area (Å²) in [4.78, 5) is 21.9. The predicted molar refractivity (Wildman–Crippen MR) is 105 cm³/mol. The maximum absolute atomic E-state index is 12.1. The number of carbonyl (C=O) groups excluding carboxylic acids is 1. The first-order valence-corrected chi connectivity index (χ1v) is 9.23. The summed E-state index contributed by atoms with van der Waals surface area (Å²) in [6.07, 6.45) is 0. The van der Waals surface area contributed by atoms with Crippen molar-refractivity contribution < 1.29 is 19.0 Å². The van der Waals surface area contributed by atoms with E-state index in [1.54, 1.807) is 32.0 Å². The Morgan fingerprint density at radius 1 is 1.32 bits per heavy atom. The number of aromatic nitrogens is 2. The van der Waals surface area contributed by atoms with Gasteiger partial charge in [0.25, 0.3) is 0 Å². The van der Waals surface area contributed by atoms with E-state index in [1.165, 1.54) is 18.4 Å². The smallest absolute Gasteiger partial charge is 0.348 e. The Balaban J connectivity index is 1.89. The van der Waals surface area contributed by atoms with E-state index >= 15 is 0 Å². The van der Waals surface area contributed by atoms with Crippen molar-refractivity contribution in [3.8, 4) is 17.6 Å². The molecule has 2 heterocycles. The molecular formula is C19H18N4O4S. The minimum atomic E-state index is -0.400. The van der Waals surface area contributed by atoms with Gasteiger partial charge in [0, 0.05) is 6.07 Å². The highest BCUT2D eigenvalue weighted by atomic mass is 32.1. The fraction of sp³-hybridized carbons (Fsp3) is 0.263. The topological polar surface area (TPSA) is 120 Å². The molecule has 0 aliphatic heterocycles. The van der Waals surface area contributed by atoms with E-state index in [4.69, 9.17) is 25.2 Å². The van der Waals surface area contributed by atoms with Crippen LogP contribution in [0.2, 0.25) is 0 Å². The number of aryl methyl sites for hydroxylation is 1. The standard InChI is InChI=1S/C19H18N4O4S/c1-4-26-19(24)16-10(2)15-17(21)22-14(23-18(15)28-16)9-27-12-6-5-11(8-20)7-13(12)25-3/h5-7H,4,9H2,1-3H3,(H2,21,22,23). The molecular weight excluding hydrogens is 380 g/mol. The number of rotatable bonds is 6. The van der Waals surface area contributed by atoms with Crippen LogP contribution in [0.4, 0.5) is 5.82 Å². The first-order valence-electron chi connectivity index (χ1n) is 8.42. The molecule has 28 heavy (non-hydrogen) atoms. The van der Waals surface area contributed by atoms with Crippen LogP contribution in [0.25, 0.3) is 10.2 Å². The lowest BCUT2D eigenvalue weighted by molar-refractivity contribution is 0.0531. The van der Waals surface area contributed by atoms with Crippen molar-refractivity contribution in [2.75, 3.05) is 19.5 Å². The average molecular weight is 398 g/mol. The summed E-state index contributed by atoms with van der Waals surface area (Å²) in [7, 11) is 1.50. The number of nitrogens with zero attached hydrogens (tertiary/aromatic N) is 3. The van der Waals surface area contributed by atoms with Gasteiger partial charge in [-0.1, -0.05) is 0 Å². The van der Waals surface area contributed by atoms with E-state index < -0.39 is 5.97 Å². The second kappa shape index (κ2) is 8.10. The summed E-state index contributed by atoms with van der Waals surface area (Å²) in [5.41, 5.74) is 7.27. The number of benzene rings is 1. The molecule has 2 N–H and O–H groups in total. The lowest BCUT2D eigenvalue weighted by atomic mass is 10.2. The number of esters is 1. The lowest BCUT2D eigenvalue weighted by Gasteiger charge is -2.10. The summed E-state index contributed by atoms with van der Waals surface area (Å²) in [5, 5.41) is 9.62.